The highest BCUT2D eigenvalue weighted by molar-refractivity contribution is 5.81. The van der Waals surface area contributed by atoms with Crippen molar-refractivity contribution >= 4 is 5.97 Å². The first kappa shape index (κ1) is 12.6. The average Bonchev–Trinajstić information content (AvgIpc) is 3.11. The Morgan fingerprint density at radius 3 is 2.94 bits per heavy atom. The van der Waals surface area contributed by atoms with Gasteiger partial charge in [-0.3, -0.25) is 0 Å². The van der Waals surface area contributed by atoms with Crippen molar-refractivity contribution < 1.29 is 19.0 Å². The molecular weight excluding hydrogens is 220 g/mol. The smallest absolute Gasteiger partial charge is 0.330 e. The summed E-state index contributed by atoms with van der Waals surface area (Å²) in [5.74, 6) is 0.354. The van der Waals surface area contributed by atoms with Gasteiger partial charge in [0.2, 0.25) is 0 Å². The van der Waals surface area contributed by atoms with Crippen molar-refractivity contribution in [3.63, 3.8) is 0 Å². The maximum absolute atomic E-state index is 10.7. The van der Waals surface area contributed by atoms with Crippen LogP contribution < -0.4 is 0 Å². The third-order valence-electron chi connectivity index (χ3n) is 3.42. The molecule has 0 spiro atoms. The van der Waals surface area contributed by atoms with E-state index in [0.717, 1.165) is 25.0 Å². The van der Waals surface area contributed by atoms with Gasteiger partial charge in [-0.15, -0.1) is 0 Å². The van der Waals surface area contributed by atoms with Gasteiger partial charge in [0, 0.05) is 12.7 Å². The third kappa shape index (κ3) is 4.13. The molecule has 0 amide bonds. The van der Waals surface area contributed by atoms with Crippen LogP contribution in [0, 0.1) is 5.92 Å². The fraction of sp³-hybridized carbons (Fsp3) is 0.769. The number of hydrogen-bond acceptors (Lipinski definition) is 4. The molecule has 3 unspecified atom stereocenters. The van der Waals surface area contributed by atoms with Crippen LogP contribution in [0.2, 0.25) is 0 Å². The van der Waals surface area contributed by atoms with Crippen LogP contribution in [0.3, 0.4) is 0 Å². The SMILES string of the molecule is C=CC(=O)OCCOCCC1CCC2OC2C1. The normalized spacial score (nSPS) is 30.5. The number of carbonyl (C=O) groups excluding carboxylic acids is 1. The van der Waals surface area contributed by atoms with E-state index in [-0.39, 0.29) is 0 Å². The number of rotatable bonds is 7. The summed E-state index contributed by atoms with van der Waals surface area (Å²) >= 11 is 0. The van der Waals surface area contributed by atoms with Crippen molar-refractivity contribution in [2.45, 2.75) is 37.9 Å². The first-order chi connectivity index (χ1) is 8.29. The topological polar surface area (TPSA) is 48.1 Å². The number of carbonyl (C=O) groups is 1. The van der Waals surface area contributed by atoms with Gasteiger partial charge in [0.1, 0.15) is 6.61 Å². The Morgan fingerprint density at radius 2 is 2.18 bits per heavy atom. The van der Waals surface area contributed by atoms with Crippen molar-refractivity contribution in [3.8, 4) is 0 Å². The first-order valence-electron chi connectivity index (χ1n) is 6.32. The Morgan fingerprint density at radius 1 is 1.29 bits per heavy atom. The van der Waals surface area contributed by atoms with Crippen molar-refractivity contribution in [2.75, 3.05) is 19.8 Å². The Balaban J connectivity index is 1.43. The van der Waals surface area contributed by atoms with Gasteiger partial charge < -0.3 is 14.2 Å². The number of ether oxygens (including phenoxy) is 3. The molecule has 3 atom stereocenters. The number of fused-ring (bicyclic) bond motifs is 1. The molecule has 0 radical (unpaired) electrons. The Kier molecular flexibility index (Phi) is 4.57. The second-order valence-electron chi connectivity index (χ2n) is 4.66. The molecule has 1 heterocycles. The minimum Gasteiger partial charge on any atom is -0.460 e. The molecule has 0 aromatic carbocycles. The second-order valence-corrected chi connectivity index (χ2v) is 4.66. The van der Waals surface area contributed by atoms with Gasteiger partial charge in [-0.1, -0.05) is 6.58 Å². The monoisotopic (exact) mass is 240 g/mol. The van der Waals surface area contributed by atoms with E-state index in [4.69, 9.17) is 14.2 Å². The largest absolute Gasteiger partial charge is 0.460 e. The molecule has 0 aromatic heterocycles. The Labute approximate surface area is 102 Å². The van der Waals surface area contributed by atoms with Crippen LogP contribution in [0.1, 0.15) is 25.7 Å². The van der Waals surface area contributed by atoms with E-state index in [1.54, 1.807) is 0 Å². The third-order valence-corrected chi connectivity index (χ3v) is 3.42. The zero-order valence-corrected chi connectivity index (χ0v) is 10.1. The van der Waals surface area contributed by atoms with Gasteiger partial charge in [-0.05, 0) is 31.6 Å². The maximum atomic E-state index is 10.7. The highest BCUT2D eigenvalue weighted by atomic mass is 16.6. The Bertz CT molecular complexity index is 277. The van der Waals surface area contributed by atoms with Crippen LogP contribution in [0.25, 0.3) is 0 Å². The maximum Gasteiger partial charge on any atom is 0.330 e. The molecule has 2 rings (SSSR count). The van der Waals surface area contributed by atoms with E-state index in [1.807, 2.05) is 0 Å². The summed E-state index contributed by atoms with van der Waals surface area (Å²) in [6, 6.07) is 0. The van der Waals surface area contributed by atoms with Crippen LogP contribution in [0.15, 0.2) is 12.7 Å². The molecule has 0 bridgehead atoms. The zero-order valence-electron chi connectivity index (χ0n) is 10.1. The molecule has 1 aliphatic heterocycles. The predicted molar refractivity (Wildman–Crippen MR) is 62.6 cm³/mol. The number of hydrogen-bond donors (Lipinski definition) is 0. The predicted octanol–water partition coefficient (Wildman–Crippen LogP) is 1.69. The van der Waals surface area contributed by atoms with Crippen LogP contribution in [0.4, 0.5) is 0 Å². The molecular formula is C13H20O4. The lowest BCUT2D eigenvalue weighted by molar-refractivity contribution is -0.139. The summed E-state index contributed by atoms with van der Waals surface area (Å²) < 4.78 is 15.7. The van der Waals surface area contributed by atoms with Crippen molar-refractivity contribution in [3.05, 3.63) is 12.7 Å². The van der Waals surface area contributed by atoms with Gasteiger partial charge in [0.15, 0.2) is 0 Å². The van der Waals surface area contributed by atoms with E-state index in [1.165, 1.54) is 19.3 Å². The standard InChI is InChI=1S/C13H20O4/c1-2-13(14)16-8-7-15-6-5-10-3-4-11-12(9-10)17-11/h2,10-12H,1,3-9H2. The number of esters is 1. The van der Waals surface area contributed by atoms with Gasteiger partial charge in [0.25, 0.3) is 0 Å². The van der Waals surface area contributed by atoms with E-state index in [9.17, 15) is 4.79 Å². The summed E-state index contributed by atoms with van der Waals surface area (Å²) in [6.07, 6.45) is 7.03. The highest BCUT2D eigenvalue weighted by Gasteiger charge is 2.43. The lowest BCUT2D eigenvalue weighted by Gasteiger charge is -2.18. The van der Waals surface area contributed by atoms with Crippen LogP contribution in [-0.2, 0) is 19.0 Å². The van der Waals surface area contributed by atoms with E-state index < -0.39 is 5.97 Å². The quantitative estimate of drug-likeness (QED) is 0.294. The zero-order chi connectivity index (χ0) is 12.1. The molecule has 4 nitrogen and oxygen atoms in total. The van der Waals surface area contributed by atoms with E-state index in [0.29, 0.717) is 25.4 Å². The summed E-state index contributed by atoms with van der Waals surface area (Å²) in [5, 5.41) is 0. The van der Waals surface area contributed by atoms with Crippen molar-refractivity contribution in [2.24, 2.45) is 5.92 Å². The molecule has 1 saturated carbocycles. The minimum atomic E-state index is -0.391. The summed E-state index contributed by atoms with van der Waals surface area (Å²) in [5.41, 5.74) is 0. The molecule has 1 saturated heterocycles. The summed E-state index contributed by atoms with van der Waals surface area (Å²) in [6.45, 7) is 4.84. The van der Waals surface area contributed by atoms with Crippen LogP contribution in [0.5, 0.6) is 0 Å². The molecule has 4 heteroatoms. The van der Waals surface area contributed by atoms with E-state index >= 15 is 0 Å². The van der Waals surface area contributed by atoms with Crippen molar-refractivity contribution in [1.29, 1.82) is 0 Å². The molecule has 2 fully saturated rings. The highest BCUT2D eigenvalue weighted by Crippen LogP contribution is 2.40. The molecule has 0 aromatic rings. The van der Waals surface area contributed by atoms with Crippen LogP contribution in [-0.4, -0.2) is 38.0 Å². The first-order valence-corrected chi connectivity index (χ1v) is 6.32. The second kappa shape index (κ2) is 6.17. The Hall–Kier alpha value is -0.870. The molecule has 0 N–H and O–H groups in total. The number of epoxide rings is 1. The van der Waals surface area contributed by atoms with Crippen LogP contribution >= 0.6 is 0 Å². The molecule has 17 heavy (non-hydrogen) atoms. The molecule has 2 aliphatic rings. The fourth-order valence-corrected chi connectivity index (χ4v) is 2.36. The summed E-state index contributed by atoms with van der Waals surface area (Å²) in [4.78, 5) is 10.7. The summed E-state index contributed by atoms with van der Waals surface area (Å²) in [7, 11) is 0. The fourth-order valence-electron chi connectivity index (χ4n) is 2.36. The minimum absolute atomic E-state index is 0.309. The molecule has 96 valence electrons. The lowest BCUT2D eigenvalue weighted by Crippen LogP contribution is -2.16. The van der Waals surface area contributed by atoms with Gasteiger partial charge >= 0.3 is 5.97 Å². The lowest BCUT2D eigenvalue weighted by atomic mass is 9.87. The average molecular weight is 240 g/mol. The van der Waals surface area contributed by atoms with Gasteiger partial charge in [-0.25, -0.2) is 4.79 Å². The van der Waals surface area contributed by atoms with Crippen molar-refractivity contribution in [1.82, 2.24) is 0 Å². The van der Waals surface area contributed by atoms with Gasteiger partial charge in [-0.2, -0.15) is 0 Å². The molecule has 1 aliphatic carbocycles. The van der Waals surface area contributed by atoms with Gasteiger partial charge in [0.05, 0.1) is 18.8 Å². The van der Waals surface area contributed by atoms with E-state index in [2.05, 4.69) is 6.58 Å².